The molecule has 0 aliphatic carbocycles. The molecule has 7 heteroatoms. The van der Waals surface area contributed by atoms with Gasteiger partial charge in [0.25, 0.3) is 0 Å². The Labute approximate surface area is 153 Å². The number of nitrogens with one attached hydrogen (secondary N) is 1. The fourth-order valence-electron chi connectivity index (χ4n) is 2.98. The lowest BCUT2D eigenvalue weighted by atomic mass is 10.0. The van der Waals surface area contributed by atoms with E-state index in [0.717, 1.165) is 12.0 Å². The molecule has 1 saturated heterocycles. The third-order valence-corrected chi connectivity index (χ3v) is 4.57. The van der Waals surface area contributed by atoms with Crippen molar-refractivity contribution < 1.29 is 14.4 Å². The van der Waals surface area contributed by atoms with Crippen molar-refractivity contribution in [2.24, 2.45) is 0 Å². The Balaban J connectivity index is 2.04. The smallest absolute Gasteiger partial charge is 0.225 e. The summed E-state index contributed by atoms with van der Waals surface area (Å²) in [6, 6.07) is 6.72. The molecule has 1 fully saturated rings. The van der Waals surface area contributed by atoms with Crippen molar-refractivity contribution in [2.45, 2.75) is 32.7 Å². The van der Waals surface area contributed by atoms with E-state index in [1.54, 1.807) is 28.9 Å². The van der Waals surface area contributed by atoms with Gasteiger partial charge >= 0.3 is 0 Å². The number of carbonyl (C=O) groups is 3. The van der Waals surface area contributed by atoms with Crippen molar-refractivity contribution in [2.75, 3.05) is 26.2 Å². The third kappa shape index (κ3) is 5.74. The maximum Gasteiger partial charge on any atom is 0.225 e. The molecule has 25 heavy (non-hydrogen) atoms. The van der Waals surface area contributed by atoms with Crippen molar-refractivity contribution in [3.8, 4) is 0 Å². The van der Waals surface area contributed by atoms with Crippen molar-refractivity contribution in [1.82, 2.24) is 15.1 Å². The molecule has 1 aromatic carbocycles. The second-order valence-electron chi connectivity index (χ2n) is 6.25. The molecule has 0 aromatic heterocycles. The van der Waals surface area contributed by atoms with E-state index in [9.17, 15) is 14.4 Å². The molecular formula is C18H24ClN3O3. The highest BCUT2D eigenvalue weighted by Crippen LogP contribution is 2.21. The van der Waals surface area contributed by atoms with E-state index >= 15 is 0 Å². The fourth-order valence-corrected chi connectivity index (χ4v) is 3.10. The quantitative estimate of drug-likeness (QED) is 0.887. The predicted octanol–water partition coefficient (Wildman–Crippen LogP) is 1.99. The third-order valence-electron chi connectivity index (χ3n) is 4.32. The van der Waals surface area contributed by atoms with Crippen LogP contribution < -0.4 is 5.32 Å². The minimum absolute atomic E-state index is 0.0286. The molecule has 0 radical (unpaired) electrons. The van der Waals surface area contributed by atoms with Gasteiger partial charge in [0.15, 0.2) is 0 Å². The van der Waals surface area contributed by atoms with Crippen LogP contribution in [0.25, 0.3) is 0 Å². The van der Waals surface area contributed by atoms with E-state index in [0.29, 0.717) is 31.2 Å². The van der Waals surface area contributed by atoms with E-state index in [1.165, 1.54) is 6.92 Å². The number of hydrogen-bond acceptors (Lipinski definition) is 3. The van der Waals surface area contributed by atoms with E-state index < -0.39 is 6.04 Å². The molecule has 2 rings (SSSR count). The zero-order chi connectivity index (χ0) is 18.4. The first-order chi connectivity index (χ1) is 11.9. The van der Waals surface area contributed by atoms with E-state index in [4.69, 9.17) is 11.6 Å². The number of hydrogen-bond donors (Lipinski definition) is 1. The van der Waals surface area contributed by atoms with E-state index in [1.807, 2.05) is 12.1 Å². The second-order valence-corrected chi connectivity index (χ2v) is 6.69. The summed E-state index contributed by atoms with van der Waals surface area (Å²) in [6.07, 6.45) is 0.943. The second kappa shape index (κ2) is 8.85. The number of amides is 3. The van der Waals surface area contributed by atoms with Crippen molar-refractivity contribution in [3.63, 3.8) is 0 Å². The Bertz CT molecular complexity index is 633. The van der Waals surface area contributed by atoms with Crippen LogP contribution in [-0.2, 0) is 14.4 Å². The summed E-state index contributed by atoms with van der Waals surface area (Å²) in [5, 5.41) is 3.44. The number of rotatable bonds is 4. The standard InChI is InChI=1S/C18H24ClN3O3/c1-13(23)20-17(15-4-6-16(19)7-5-15)12-18(25)22-9-3-8-21(10-11-22)14(2)24/h4-7,17H,3,8-12H2,1-2H3,(H,20,23). The molecular weight excluding hydrogens is 342 g/mol. The lowest BCUT2D eigenvalue weighted by molar-refractivity contribution is -0.133. The van der Waals surface area contributed by atoms with Gasteiger partial charge < -0.3 is 15.1 Å². The van der Waals surface area contributed by atoms with Gasteiger partial charge in [0.1, 0.15) is 0 Å². The molecule has 0 saturated carbocycles. The minimum Gasteiger partial charge on any atom is -0.349 e. The Hall–Kier alpha value is -2.08. The topological polar surface area (TPSA) is 69.7 Å². The van der Waals surface area contributed by atoms with Crippen LogP contribution in [0.4, 0.5) is 0 Å². The van der Waals surface area contributed by atoms with Crippen LogP contribution in [0.15, 0.2) is 24.3 Å². The summed E-state index contributed by atoms with van der Waals surface area (Å²) >= 11 is 5.91. The normalized spacial score (nSPS) is 16.1. The zero-order valence-electron chi connectivity index (χ0n) is 14.6. The molecule has 0 bridgehead atoms. The highest BCUT2D eigenvalue weighted by atomic mass is 35.5. The van der Waals surface area contributed by atoms with Crippen LogP contribution in [0.2, 0.25) is 5.02 Å². The average molecular weight is 366 g/mol. The molecule has 0 spiro atoms. The maximum atomic E-state index is 12.7. The first-order valence-corrected chi connectivity index (χ1v) is 8.80. The highest BCUT2D eigenvalue weighted by Gasteiger charge is 2.24. The average Bonchev–Trinajstić information content (AvgIpc) is 2.80. The first kappa shape index (κ1) is 19.2. The van der Waals surface area contributed by atoms with Crippen LogP contribution in [0.5, 0.6) is 0 Å². The van der Waals surface area contributed by atoms with Gasteiger partial charge in [0, 0.05) is 45.0 Å². The molecule has 1 N–H and O–H groups in total. The SMILES string of the molecule is CC(=O)NC(CC(=O)N1CCCN(C(C)=O)CC1)c1ccc(Cl)cc1. The molecule has 1 aliphatic heterocycles. The Morgan fingerprint density at radius 1 is 1.04 bits per heavy atom. The van der Waals surface area contributed by atoms with Crippen LogP contribution >= 0.6 is 11.6 Å². The highest BCUT2D eigenvalue weighted by molar-refractivity contribution is 6.30. The zero-order valence-corrected chi connectivity index (χ0v) is 15.4. The first-order valence-electron chi connectivity index (χ1n) is 8.42. The monoisotopic (exact) mass is 365 g/mol. The van der Waals surface area contributed by atoms with Crippen molar-refractivity contribution in [3.05, 3.63) is 34.9 Å². The largest absolute Gasteiger partial charge is 0.349 e. The van der Waals surface area contributed by atoms with Gasteiger partial charge in [-0.05, 0) is 24.1 Å². The number of halogens is 1. The van der Waals surface area contributed by atoms with Gasteiger partial charge in [-0.1, -0.05) is 23.7 Å². The maximum absolute atomic E-state index is 12.7. The van der Waals surface area contributed by atoms with Crippen LogP contribution in [0.1, 0.15) is 38.3 Å². The van der Waals surface area contributed by atoms with Crippen molar-refractivity contribution in [1.29, 1.82) is 0 Å². The Morgan fingerprint density at radius 2 is 1.64 bits per heavy atom. The lowest BCUT2D eigenvalue weighted by Gasteiger charge is -2.25. The van der Waals surface area contributed by atoms with E-state index in [-0.39, 0.29) is 24.1 Å². The van der Waals surface area contributed by atoms with Gasteiger partial charge in [-0.2, -0.15) is 0 Å². The Kier molecular flexibility index (Phi) is 6.82. The molecule has 1 atom stereocenters. The van der Waals surface area contributed by atoms with Gasteiger partial charge in [-0.3, -0.25) is 14.4 Å². The van der Waals surface area contributed by atoms with Crippen molar-refractivity contribution >= 4 is 29.3 Å². The van der Waals surface area contributed by atoms with Gasteiger partial charge in [0.2, 0.25) is 17.7 Å². The minimum atomic E-state index is -0.394. The molecule has 6 nitrogen and oxygen atoms in total. The van der Waals surface area contributed by atoms with Gasteiger partial charge in [-0.15, -0.1) is 0 Å². The summed E-state index contributed by atoms with van der Waals surface area (Å²) in [5.74, 6) is -0.183. The number of carbonyl (C=O) groups excluding carboxylic acids is 3. The van der Waals surface area contributed by atoms with Gasteiger partial charge in [0.05, 0.1) is 12.5 Å². The fraction of sp³-hybridized carbons (Fsp3) is 0.500. The van der Waals surface area contributed by atoms with E-state index in [2.05, 4.69) is 5.32 Å². The van der Waals surface area contributed by atoms with Crippen LogP contribution in [0.3, 0.4) is 0 Å². The van der Waals surface area contributed by atoms with Crippen LogP contribution in [-0.4, -0.2) is 53.7 Å². The summed E-state index contributed by atoms with van der Waals surface area (Å²) < 4.78 is 0. The molecule has 1 aliphatic rings. The summed E-state index contributed by atoms with van der Waals surface area (Å²) in [5.41, 5.74) is 0.841. The van der Waals surface area contributed by atoms with Crippen LogP contribution in [0, 0.1) is 0 Å². The lowest BCUT2D eigenvalue weighted by Crippen LogP contribution is -2.38. The summed E-state index contributed by atoms with van der Waals surface area (Å²) in [4.78, 5) is 39.3. The summed E-state index contributed by atoms with van der Waals surface area (Å²) in [7, 11) is 0. The Morgan fingerprint density at radius 3 is 2.24 bits per heavy atom. The molecule has 1 aromatic rings. The molecule has 3 amide bonds. The predicted molar refractivity (Wildman–Crippen MR) is 96.1 cm³/mol. The molecule has 1 unspecified atom stereocenters. The molecule has 136 valence electrons. The van der Waals surface area contributed by atoms with Gasteiger partial charge in [-0.25, -0.2) is 0 Å². The number of nitrogens with zero attached hydrogens (tertiary/aromatic N) is 2. The summed E-state index contributed by atoms with van der Waals surface area (Å²) in [6.45, 7) is 5.34. The molecule has 1 heterocycles. The number of benzene rings is 1.